The highest BCUT2D eigenvalue weighted by molar-refractivity contribution is 8.00. The fourth-order valence-electron chi connectivity index (χ4n) is 1.59. The lowest BCUT2D eigenvalue weighted by molar-refractivity contribution is 0.597. The van der Waals surface area contributed by atoms with Gasteiger partial charge in [0.05, 0.1) is 16.8 Å². The number of aromatic nitrogens is 2. The van der Waals surface area contributed by atoms with E-state index in [1.165, 1.54) is 23.9 Å². The lowest BCUT2D eigenvalue weighted by Crippen LogP contribution is -2.13. The van der Waals surface area contributed by atoms with Crippen molar-refractivity contribution in [3.8, 4) is 0 Å². The number of nitrogens with two attached hydrogens (primary N) is 1. The van der Waals surface area contributed by atoms with Gasteiger partial charge < -0.3 is 5.73 Å². The summed E-state index contributed by atoms with van der Waals surface area (Å²) >= 11 is 1.33. The summed E-state index contributed by atoms with van der Waals surface area (Å²) in [4.78, 5) is 8.16. The molecule has 0 amide bonds. The second-order valence-electron chi connectivity index (χ2n) is 4.15. The molecular formula is C13H14N4O2S2. The normalized spacial score (nSPS) is 11.2. The number of nitrogens with zero attached hydrogens (tertiary/aromatic N) is 2. The molecule has 8 heteroatoms. The maximum Gasteiger partial charge on any atom is 0.179 e. The standard InChI is InChI=1S/C13H14N4O2S2/c14-13(15)10-2-1-3-11(8-10)21(18,19)7-6-20-12-9-16-4-5-17-12/h1-5,8-9H,6-7H2,(H3,14,15). The van der Waals surface area contributed by atoms with Crippen LogP contribution in [0.5, 0.6) is 0 Å². The minimum atomic E-state index is -3.41. The SMILES string of the molecule is N=C(N)c1cccc(S(=O)(=O)CCSc2cnccn2)c1. The quantitative estimate of drug-likeness (QED) is 0.471. The van der Waals surface area contributed by atoms with Crippen LogP contribution in [0, 0.1) is 5.41 Å². The van der Waals surface area contributed by atoms with E-state index in [1.54, 1.807) is 30.7 Å². The van der Waals surface area contributed by atoms with Crippen molar-refractivity contribution in [1.29, 1.82) is 5.41 Å². The number of hydrogen-bond donors (Lipinski definition) is 2. The molecular weight excluding hydrogens is 308 g/mol. The molecule has 0 aliphatic carbocycles. The number of hydrogen-bond acceptors (Lipinski definition) is 6. The summed E-state index contributed by atoms with van der Waals surface area (Å²) < 4.78 is 24.5. The van der Waals surface area contributed by atoms with Crippen LogP contribution in [0.25, 0.3) is 0 Å². The van der Waals surface area contributed by atoms with Crippen LogP contribution < -0.4 is 5.73 Å². The molecule has 110 valence electrons. The van der Waals surface area contributed by atoms with Crippen LogP contribution in [-0.2, 0) is 9.84 Å². The maximum absolute atomic E-state index is 12.2. The van der Waals surface area contributed by atoms with Gasteiger partial charge in [0.15, 0.2) is 9.84 Å². The van der Waals surface area contributed by atoms with E-state index in [1.807, 2.05) is 0 Å². The van der Waals surface area contributed by atoms with E-state index < -0.39 is 9.84 Å². The second kappa shape index (κ2) is 6.68. The molecule has 0 fully saturated rings. The van der Waals surface area contributed by atoms with Crippen LogP contribution in [0.15, 0.2) is 52.8 Å². The van der Waals surface area contributed by atoms with Gasteiger partial charge in [-0.25, -0.2) is 13.4 Å². The zero-order valence-corrected chi connectivity index (χ0v) is 12.7. The third-order valence-corrected chi connectivity index (χ3v) is 5.53. The van der Waals surface area contributed by atoms with Crippen molar-refractivity contribution < 1.29 is 8.42 Å². The van der Waals surface area contributed by atoms with Crippen LogP contribution in [0.1, 0.15) is 5.56 Å². The van der Waals surface area contributed by atoms with Crippen LogP contribution >= 0.6 is 11.8 Å². The molecule has 1 heterocycles. The molecule has 0 aliphatic rings. The number of rotatable bonds is 6. The topological polar surface area (TPSA) is 110 Å². The number of sulfone groups is 1. The molecule has 3 N–H and O–H groups in total. The van der Waals surface area contributed by atoms with Crippen LogP contribution in [0.4, 0.5) is 0 Å². The number of thioether (sulfide) groups is 1. The third kappa shape index (κ3) is 4.27. The zero-order chi connectivity index (χ0) is 15.3. The number of nitrogens with one attached hydrogen (secondary N) is 1. The van der Waals surface area contributed by atoms with Crippen molar-refractivity contribution in [3.05, 3.63) is 48.4 Å². The van der Waals surface area contributed by atoms with E-state index in [0.717, 1.165) is 0 Å². The Bertz CT molecular complexity index is 733. The van der Waals surface area contributed by atoms with Crippen LogP contribution in [0.2, 0.25) is 0 Å². The van der Waals surface area contributed by atoms with Gasteiger partial charge in [0.25, 0.3) is 0 Å². The smallest absolute Gasteiger partial charge is 0.179 e. The van der Waals surface area contributed by atoms with Crippen molar-refractivity contribution in [2.45, 2.75) is 9.92 Å². The Balaban J connectivity index is 2.05. The highest BCUT2D eigenvalue weighted by Crippen LogP contribution is 2.18. The van der Waals surface area contributed by atoms with Crippen molar-refractivity contribution in [1.82, 2.24) is 9.97 Å². The summed E-state index contributed by atoms with van der Waals surface area (Å²) in [5.74, 6) is 0.210. The van der Waals surface area contributed by atoms with Crippen molar-refractivity contribution in [2.24, 2.45) is 5.73 Å². The first-order chi connectivity index (χ1) is 9.99. The Morgan fingerprint density at radius 2 is 2.14 bits per heavy atom. The van der Waals surface area contributed by atoms with Gasteiger partial charge in [-0.3, -0.25) is 10.4 Å². The molecule has 6 nitrogen and oxygen atoms in total. The van der Waals surface area contributed by atoms with Crippen molar-refractivity contribution in [2.75, 3.05) is 11.5 Å². The lowest BCUT2D eigenvalue weighted by Gasteiger charge is -2.06. The van der Waals surface area contributed by atoms with Gasteiger partial charge in [-0.1, -0.05) is 12.1 Å². The summed E-state index contributed by atoms with van der Waals surface area (Å²) in [6, 6.07) is 6.12. The average Bonchev–Trinajstić information content (AvgIpc) is 2.48. The van der Waals surface area contributed by atoms with Gasteiger partial charge in [0.2, 0.25) is 0 Å². The molecule has 0 aliphatic heterocycles. The van der Waals surface area contributed by atoms with E-state index in [2.05, 4.69) is 9.97 Å². The number of benzene rings is 1. The fourth-order valence-corrected chi connectivity index (χ4v) is 4.11. The monoisotopic (exact) mass is 322 g/mol. The minimum absolute atomic E-state index is 0.0183. The summed E-state index contributed by atoms with van der Waals surface area (Å²) in [6.07, 6.45) is 4.72. The molecule has 0 spiro atoms. The fraction of sp³-hybridized carbons (Fsp3) is 0.154. The predicted molar refractivity (Wildman–Crippen MR) is 82.3 cm³/mol. The van der Waals surface area contributed by atoms with Gasteiger partial charge in [0, 0.05) is 23.7 Å². The van der Waals surface area contributed by atoms with Gasteiger partial charge in [-0.2, -0.15) is 0 Å². The molecule has 2 rings (SSSR count). The number of nitrogen functional groups attached to an aromatic ring is 1. The summed E-state index contributed by atoms with van der Waals surface area (Å²) in [7, 11) is -3.41. The highest BCUT2D eigenvalue weighted by Gasteiger charge is 2.15. The Hall–Kier alpha value is -1.93. The number of amidine groups is 1. The molecule has 1 aromatic carbocycles. The molecule has 0 bridgehead atoms. The first-order valence-corrected chi connectivity index (χ1v) is 8.69. The highest BCUT2D eigenvalue weighted by atomic mass is 32.2. The summed E-state index contributed by atoms with van der Waals surface area (Å²) in [6.45, 7) is 0. The summed E-state index contributed by atoms with van der Waals surface area (Å²) in [5, 5.41) is 8.04. The Morgan fingerprint density at radius 1 is 1.33 bits per heavy atom. The summed E-state index contributed by atoms with van der Waals surface area (Å²) in [5.41, 5.74) is 5.77. The minimum Gasteiger partial charge on any atom is -0.384 e. The molecule has 21 heavy (non-hydrogen) atoms. The predicted octanol–water partition coefficient (Wildman–Crippen LogP) is 1.33. The molecule has 0 saturated heterocycles. The van der Waals surface area contributed by atoms with E-state index >= 15 is 0 Å². The van der Waals surface area contributed by atoms with Gasteiger partial charge in [0.1, 0.15) is 10.9 Å². The van der Waals surface area contributed by atoms with E-state index in [4.69, 9.17) is 11.1 Å². The second-order valence-corrected chi connectivity index (χ2v) is 7.38. The molecule has 0 atom stereocenters. The van der Waals surface area contributed by atoms with Crippen LogP contribution in [0.3, 0.4) is 0 Å². The Morgan fingerprint density at radius 3 is 2.81 bits per heavy atom. The first kappa shape index (κ1) is 15.5. The maximum atomic E-state index is 12.2. The molecule has 0 unspecified atom stereocenters. The van der Waals surface area contributed by atoms with E-state index in [0.29, 0.717) is 16.3 Å². The van der Waals surface area contributed by atoms with E-state index in [9.17, 15) is 8.42 Å². The Labute approximate surface area is 127 Å². The van der Waals surface area contributed by atoms with Crippen LogP contribution in [-0.4, -0.2) is 35.7 Å². The average molecular weight is 322 g/mol. The molecule has 1 aromatic heterocycles. The van der Waals surface area contributed by atoms with E-state index in [-0.39, 0.29) is 16.5 Å². The third-order valence-electron chi connectivity index (χ3n) is 2.65. The largest absolute Gasteiger partial charge is 0.384 e. The lowest BCUT2D eigenvalue weighted by atomic mass is 10.2. The van der Waals surface area contributed by atoms with Gasteiger partial charge >= 0.3 is 0 Å². The first-order valence-electron chi connectivity index (χ1n) is 6.05. The Kier molecular flexibility index (Phi) is 4.92. The van der Waals surface area contributed by atoms with Crippen molar-refractivity contribution >= 4 is 27.4 Å². The van der Waals surface area contributed by atoms with Gasteiger partial charge in [-0.05, 0) is 12.1 Å². The van der Waals surface area contributed by atoms with Gasteiger partial charge in [-0.15, -0.1) is 11.8 Å². The van der Waals surface area contributed by atoms with Crippen molar-refractivity contribution in [3.63, 3.8) is 0 Å². The zero-order valence-electron chi connectivity index (χ0n) is 11.1. The molecule has 0 saturated carbocycles. The molecule has 2 aromatic rings. The molecule has 0 radical (unpaired) electrons.